The van der Waals surface area contributed by atoms with E-state index < -0.39 is 0 Å². The average Bonchev–Trinajstić information content (AvgIpc) is 2.36. The maximum Gasteiger partial charge on any atom is 0.0443 e. The summed E-state index contributed by atoms with van der Waals surface area (Å²) >= 11 is 2.12. The minimum absolute atomic E-state index is 0.550. The Kier molecular flexibility index (Phi) is 4.52. The Balaban J connectivity index is 2.29. The van der Waals surface area contributed by atoms with Crippen molar-refractivity contribution in [3.05, 3.63) is 34.9 Å². The van der Waals surface area contributed by atoms with Gasteiger partial charge >= 0.3 is 0 Å². The lowest BCUT2D eigenvalue weighted by Gasteiger charge is -2.34. The van der Waals surface area contributed by atoms with Crippen molar-refractivity contribution in [2.45, 2.75) is 50.7 Å². The maximum absolute atomic E-state index is 3.73. The Bertz CT molecular complexity index is 375. The molecule has 1 nitrogen and oxygen atoms in total. The first-order chi connectivity index (χ1) is 8.27. The largest absolute Gasteiger partial charge is 0.309 e. The Morgan fingerprint density at radius 1 is 1.35 bits per heavy atom. The SMILES string of the molecule is CCCNC1c2cccc(C)c2CSC1CC. The summed E-state index contributed by atoms with van der Waals surface area (Å²) in [7, 11) is 0. The van der Waals surface area contributed by atoms with Gasteiger partial charge in [-0.1, -0.05) is 32.0 Å². The number of fused-ring (bicyclic) bond motifs is 1. The molecule has 0 spiro atoms. The molecule has 0 radical (unpaired) electrons. The van der Waals surface area contributed by atoms with Crippen LogP contribution in [0, 0.1) is 6.92 Å². The fraction of sp³-hybridized carbons (Fsp3) is 0.600. The van der Waals surface area contributed by atoms with Gasteiger partial charge in [0, 0.05) is 17.0 Å². The zero-order valence-electron chi connectivity index (χ0n) is 11.1. The van der Waals surface area contributed by atoms with Crippen LogP contribution in [0.15, 0.2) is 18.2 Å². The smallest absolute Gasteiger partial charge is 0.0443 e. The van der Waals surface area contributed by atoms with Gasteiger partial charge in [0.05, 0.1) is 0 Å². The highest BCUT2D eigenvalue weighted by atomic mass is 32.2. The topological polar surface area (TPSA) is 12.0 Å². The molecule has 2 rings (SSSR count). The third kappa shape index (κ3) is 2.69. The van der Waals surface area contributed by atoms with Crippen LogP contribution in [0.4, 0.5) is 0 Å². The highest BCUT2D eigenvalue weighted by Gasteiger charge is 2.28. The summed E-state index contributed by atoms with van der Waals surface area (Å²) < 4.78 is 0. The van der Waals surface area contributed by atoms with E-state index in [0.29, 0.717) is 6.04 Å². The first kappa shape index (κ1) is 13.0. The Morgan fingerprint density at radius 3 is 2.88 bits per heavy atom. The number of thioether (sulfide) groups is 1. The third-order valence-corrected chi connectivity index (χ3v) is 5.10. The third-order valence-electron chi connectivity index (χ3n) is 3.61. The molecule has 0 bridgehead atoms. The van der Waals surface area contributed by atoms with E-state index in [9.17, 15) is 0 Å². The van der Waals surface area contributed by atoms with Crippen LogP contribution < -0.4 is 5.32 Å². The molecule has 0 saturated carbocycles. The van der Waals surface area contributed by atoms with E-state index in [1.165, 1.54) is 24.2 Å². The summed E-state index contributed by atoms with van der Waals surface area (Å²) in [5.41, 5.74) is 4.56. The van der Waals surface area contributed by atoms with Crippen molar-refractivity contribution in [2.24, 2.45) is 0 Å². The first-order valence-electron chi connectivity index (χ1n) is 6.71. The minimum atomic E-state index is 0.550. The Hall–Kier alpha value is -0.470. The van der Waals surface area contributed by atoms with Crippen LogP contribution in [-0.2, 0) is 5.75 Å². The van der Waals surface area contributed by atoms with Gasteiger partial charge in [0.1, 0.15) is 0 Å². The van der Waals surface area contributed by atoms with E-state index in [1.54, 1.807) is 11.1 Å². The second-order valence-electron chi connectivity index (χ2n) is 4.83. The second kappa shape index (κ2) is 5.92. The van der Waals surface area contributed by atoms with Crippen LogP contribution in [-0.4, -0.2) is 11.8 Å². The van der Waals surface area contributed by atoms with Gasteiger partial charge < -0.3 is 5.32 Å². The molecule has 0 aromatic heterocycles. The lowest BCUT2D eigenvalue weighted by molar-refractivity contribution is 0.498. The van der Waals surface area contributed by atoms with Gasteiger partial charge in [0.15, 0.2) is 0 Å². The van der Waals surface area contributed by atoms with Crippen LogP contribution in [0.1, 0.15) is 49.4 Å². The van der Waals surface area contributed by atoms with E-state index in [2.05, 4.69) is 56.0 Å². The van der Waals surface area contributed by atoms with Gasteiger partial charge in [-0.2, -0.15) is 11.8 Å². The number of aryl methyl sites for hydroxylation is 1. The number of hydrogen-bond donors (Lipinski definition) is 1. The zero-order valence-corrected chi connectivity index (χ0v) is 11.9. The summed E-state index contributed by atoms with van der Waals surface area (Å²) in [6.45, 7) is 7.90. The normalized spacial score (nSPS) is 23.5. The molecule has 94 valence electrons. The molecule has 1 N–H and O–H groups in total. The molecule has 1 aromatic rings. The molecule has 2 unspecified atom stereocenters. The van der Waals surface area contributed by atoms with Crippen LogP contribution in [0.3, 0.4) is 0 Å². The standard InChI is InChI=1S/C15H23NS/c1-4-9-16-15-12-8-6-7-11(3)13(12)10-17-14(15)5-2/h6-8,14-16H,4-5,9-10H2,1-3H3. The molecule has 0 saturated heterocycles. The highest BCUT2D eigenvalue weighted by Crippen LogP contribution is 2.40. The van der Waals surface area contributed by atoms with Crippen molar-refractivity contribution in [2.75, 3.05) is 6.54 Å². The summed E-state index contributed by atoms with van der Waals surface area (Å²) in [4.78, 5) is 0. The molecule has 1 aliphatic heterocycles. The van der Waals surface area contributed by atoms with Crippen molar-refractivity contribution < 1.29 is 0 Å². The lowest BCUT2D eigenvalue weighted by Crippen LogP contribution is -2.34. The van der Waals surface area contributed by atoms with E-state index in [4.69, 9.17) is 0 Å². The molecule has 0 amide bonds. The summed E-state index contributed by atoms with van der Waals surface area (Å²) in [5, 5.41) is 4.47. The zero-order chi connectivity index (χ0) is 12.3. The van der Waals surface area contributed by atoms with Gasteiger partial charge in [-0.05, 0) is 43.0 Å². The van der Waals surface area contributed by atoms with E-state index in [0.717, 1.165) is 11.8 Å². The molecule has 0 aliphatic carbocycles. The fourth-order valence-corrected chi connectivity index (χ4v) is 4.04. The van der Waals surface area contributed by atoms with E-state index in [-0.39, 0.29) is 0 Å². The molecular formula is C15H23NS. The van der Waals surface area contributed by atoms with Gasteiger partial charge in [-0.3, -0.25) is 0 Å². The molecule has 2 atom stereocenters. The summed E-state index contributed by atoms with van der Waals surface area (Å²) in [6.07, 6.45) is 2.46. The second-order valence-corrected chi connectivity index (χ2v) is 6.06. The molecule has 1 aromatic carbocycles. The number of nitrogens with one attached hydrogen (secondary N) is 1. The van der Waals surface area contributed by atoms with Crippen LogP contribution in [0.5, 0.6) is 0 Å². The summed E-state index contributed by atoms with van der Waals surface area (Å²) in [6, 6.07) is 7.31. The molecule has 1 aliphatic rings. The minimum Gasteiger partial charge on any atom is -0.309 e. The fourth-order valence-electron chi connectivity index (χ4n) is 2.60. The molecule has 0 fully saturated rings. The maximum atomic E-state index is 3.73. The Morgan fingerprint density at radius 2 is 2.18 bits per heavy atom. The molecule has 1 heterocycles. The highest BCUT2D eigenvalue weighted by molar-refractivity contribution is 7.99. The number of rotatable bonds is 4. The van der Waals surface area contributed by atoms with Crippen LogP contribution in [0.2, 0.25) is 0 Å². The summed E-state index contributed by atoms with van der Waals surface area (Å²) in [5.74, 6) is 1.19. The number of benzene rings is 1. The monoisotopic (exact) mass is 249 g/mol. The quantitative estimate of drug-likeness (QED) is 0.863. The van der Waals surface area contributed by atoms with Crippen LogP contribution >= 0.6 is 11.8 Å². The Labute approximate surface area is 109 Å². The predicted molar refractivity (Wildman–Crippen MR) is 77.6 cm³/mol. The average molecular weight is 249 g/mol. The number of hydrogen-bond acceptors (Lipinski definition) is 2. The van der Waals surface area contributed by atoms with Gasteiger partial charge in [0.2, 0.25) is 0 Å². The van der Waals surface area contributed by atoms with Crippen molar-refractivity contribution in [3.8, 4) is 0 Å². The molecular weight excluding hydrogens is 226 g/mol. The molecule has 17 heavy (non-hydrogen) atoms. The van der Waals surface area contributed by atoms with Crippen molar-refractivity contribution >= 4 is 11.8 Å². The van der Waals surface area contributed by atoms with E-state index >= 15 is 0 Å². The van der Waals surface area contributed by atoms with Crippen molar-refractivity contribution in [1.29, 1.82) is 0 Å². The van der Waals surface area contributed by atoms with Gasteiger partial charge in [-0.15, -0.1) is 0 Å². The molecule has 2 heteroatoms. The van der Waals surface area contributed by atoms with Gasteiger partial charge in [0.25, 0.3) is 0 Å². The van der Waals surface area contributed by atoms with Crippen molar-refractivity contribution in [3.63, 3.8) is 0 Å². The lowest BCUT2D eigenvalue weighted by atomic mass is 9.93. The van der Waals surface area contributed by atoms with Gasteiger partial charge in [-0.25, -0.2) is 0 Å². The van der Waals surface area contributed by atoms with E-state index in [1.807, 2.05) is 0 Å². The van der Waals surface area contributed by atoms with Crippen LogP contribution in [0.25, 0.3) is 0 Å². The van der Waals surface area contributed by atoms with Crippen molar-refractivity contribution in [1.82, 2.24) is 5.32 Å². The predicted octanol–water partition coefficient (Wildman–Crippen LogP) is 4.06. The first-order valence-corrected chi connectivity index (χ1v) is 7.76.